The summed E-state index contributed by atoms with van der Waals surface area (Å²) in [6.07, 6.45) is 4.19. The smallest absolute Gasteiger partial charge is 0.416 e. The summed E-state index contributed by atoms with van der Waals surface area (Å²) in [4.78, 5) is 66.1. The van der Waals surface area contributed by atoms with Crippen LogP contribution in [0.3, 0.4) is 0 Å². The molecule has 4 N–H and O–H groups in total. The Labute approximate surface area is 399 Å². The van der Waals surface area contributed by atoms with Crippen molar-refractivity contribution in [2.45, 2.75) is 83.9 Å². The largest absolute Gasteiger partial charge is 0.496 e. The van der Waals surface area contributed by atoms with Gasteiger partial charge in [0.1, 0.15) is 23.1 Å². The lowest BCUT2D eigenvalue weighted by Crippen LogP contribution is -2.49. The number of nitrogen functional groups attached to an aromatic ring is 1. The summed E-state index contributed by atoms with van der Waals surface area (Å²) in [5.74, 6) is 2.51. The first-order chi connectivity index (χ1) is 33.1. The molecule has 5 amide bonds. The van der Waals surface area contributed by atoms with Crippen LogP contribution in [0.15, 0.2) is 54.6 Å². The zero-order chi connectivity index (χ0) is 49.0. The van der Waals surface area contributed by atoms with Gasteiger partial charge in [0.15, 0.2) is 0 Å². The van der Waals surface area contributed by atoms with Crippen molar-refractivity contribution in [3.8, 4) is 11.5 Å². The normalized spacial score (nSPS) is 19.0. The Hall–Kier alpha value is -6.43. The van der Waals surface area contributed by atoms with Gasteiger partial charge < -0.3 is 35.1 Å². The highest BCUT2D eigenvalue weighted by atomic mass is 19.4. The Morgan fingerprint density at radius 2 is 1.61 bits per heavy atom. The van der Waals surface area contributed by atoms with Crippen molar-refractivity contribution in [2.75, 3.05) is 76.1 Å². The number of methoxy groups -OCH3 is 2. The number of carbonyl (C=O) groups excluding carboxylic acids is 4. The molecule has 0 spiro atoms. The first-order valence-electron chi connectivity index (χ1n) is 23.8. The number of alkyl halides is 3. The maximum atomic E-state index is 13.8. The number of halogens is 3. The molecule has 69 heavy (non-hydrogen) atoms. The van der Waals surface area contributed by atoms with Crippen LogP contribution in [0.1, 0.15) is 104 Å². The molecule has 0 bridgehead atoms. The Bertz CT molecular complexity index is 2610. The van der Waals surface area contributed by atoms with Gasteiger partial charge in [-0.05, 0) is 131 Å². The van der Waals surface area contributed by atoms with Crippen molar-refractivity contribution in [1.29, 1.82) is 0 Å². The number of amides is 5. The van der Waals surface area contributed by atoms with E-state index in [1.165, 1.54) is 18.1 Å². The number of hydrogen-bond donors (Lipinski definition) is 3. The number of benzene rings is 3. The minimum Gasteiger partial charge on any atom is -0.496 e. The number of rotatable bonds is 14. The van der Waals surface area contributed by atoms with E-state index < -0.39 is 23.8 Å². The molecule has 3 fully saturated rings. The molecule has 0 saturated carbocycles. The minimum absolute atomic E-state index is 0.0209. The molecule has 0 radical (unpaired) electrons. The number of fused-ring (bicyclic) bond motifs is 1. The third kappa shape index (κ3) is 11.4. The van der Waals surface area contributed by atoms with Crippen LogP contribution in [-0.4, -0.2) is 104 Å². The van der Waals surface area contributed by atoms with E-state index in [1.54, 1.807) is 39.2 Å². The average molecular weight is 955 g/mol. The standard InChI is InChI=1S/C51H61F3N8O7/c1-30(37-23-38(51(52,53)54)26-39(55)24-37)56-47-41-27-40(45(68-4)28-42(41)57-31(2)58-47)34-5-7-35(8-6-34)48(64)60-17-11-32(12-18-60)16-22-69-29-33-13-19-61(20-14-33)49(65)36-9-10-44(67-3)43(25-36)62-21-15-46(63)59-50(62)66/h5,9-10,23-28,30,32-33,35H,6-8,11-22,29,55H2,1-4H3,(H,56,57,58)(H,59,63,66)/t30-,35?/m1/s1. The highest BCUT2D eigenvalue weighted by Crippen LogP contribution is 2.40. The fourth-order valence-electron chi connectivity index (χ4n) is 10.00. The molecule has 4 aliphatic rings. The number of aromatic nitrogens is 2. The zero-order valence-corrected chi connectivity index (χ0v) is 39.6. The first kappa shape index (κ1) is 49.0. The summed E-state index contributed by atoms with van der Waals surface area (Å²) in [6, 6.07) is 11.3. The van der Waals surface area contributed by atoms with Gasteiger partial charge in [-0.1, -0.05) is 6.08 Å². The molecule has 368 valence electrons. The molecule has 4 aromatic rings. The molecule has 4 heterocycles. The molecule has 1 unspecified atom stereocenters. The van der Waals surface area contributed by atoms with Crippen molar-refractivity contribution >= 4 is 57.4 Å². The molecule has 3 aromatic carbocycles. The summed E-state index contributed by atoms with van der Waals surface area (Å²) in [7, 11) is 3.10. The van der Waals surface area contributed by atoms with Crippen molar-refractivity contribution < 1.29 is 46.6 Å². The second kappa shape index (κ2) is 21.1. The summed E-state index contributed by atoms with van der Waals surface area (Å²) < 4.78 is 58.3. The Morgan fingerprint density at radius 1 is 0.884 bits per heavy atom. The molecular formula is C51H61F3N8O7. The molecule has 1 aromatic heterocycles. The van der Waals surface area contributed by atoms with Crippen LogP contribution in [0.25, 0.3) is 16.5 Å². The maximum Gasteiger partial charge on any atom is 0.416 e. The van der Waals surface area contributed by atoms with E-state index in [0.29, 0.717) is 108 Å². The van der Waals surface area contributed by atoms with Crippen LogP contribution in [0.5, 0.6) is 11.5 Å². The SMILES string of the molecule is COc1cc2nc(C)nc(N[C@H](C)c3cc(N)cc(C(F)(F)F)c3)c2cc1C1=CCC(C(=O)N2CCC(CCOCC3CCN(C(=O)c4ccc(OC)c(N5CCC(=O)NC5=O)c4)CC3)CC2)CC1. The predicted octanol–water partition coefficient (Wildman–Crippen LogP) is 8.56. The number of nitrogens with one attached hydrogen (secondary N) is 2. The van der Waals surface area contributed by atoms with Gasteiger partial charge in [-0.3, -0.25) is 24.6 Å². The Kier molecular flexibility index (Phi) is 15.0. The van der Waals surface area contributed by atoms with Gasteiger partial charge in [0.2, 0.25) is 11.8 Å². The van der Waals surface area contributed by atoms with Gasteiger partial charge in [-0.25, -0.2) is 14.8 Å². The number of ether oxygens (including phenoxy) is 3. The van der Waals surface area contributed by atoms with Crippen LogP contribution in [0.2, 0.25) is 0 Å². The average Bonchev–Trinajstić information content (AvgIpc) is 3.34. The lowest BCUT2D eigenvalue weighted by molar-refractivity contribution is -0.138. The number of nitrogens with zero attached hydrogens (tertiary/aromatic N) is 5. The number of imide groups is 1. The van der Waals surface area contributed by atoms with Crippen molar-refractivity contribution in [3.05, 3.63) is 82.7 Å². The van der Waals surface area contributed by atoms with Crippen molar-refractivity contribution in [1.82, 2.24) is 25.1 Å². The van der Waals surface area contributed by atoms with Gasteiger partial charge in [-0.15, -0.1) is 0 Å². The number of aryl methyl sites for hydroxylation is 1. The lowest BCUT2D eigenvalue weighted by atomic mass is 9.84. The number of allylic oxidation sites excluding steroid dienone is 2. The number of anilines is 3. The fraction of sp³-hybridized carbons (Fsp3) is 0.490. The Morgan fingerprint density at radius 3 is 2.29 bits per heavy atom. The van der Waals surface area contributed by atoms with E-state index in [0.717, 1.165) is 68.5 Å². The fourth-order valence-corrected chi connectivity index (χ4v) is 10.00. The van der Waals surface area contributed by atoms with E-state index in [4.69, 9.17) is 19.9 Å². The van der Waals surface area contributed by atoms with E-state index in [9.17, 15) is 32.3 Å². The molecule has 2 atom stereocenters. The summed E-state index contributed by atoms with van der Waals surface area (Å²) in [5.41, 5.74) is 8.90. The van der Waals surface area contributed by atoms with E-state index in [1.807, 2.05) is 21.9 Å². The summed E-state index contributed by atoms with van der Waals surface area (Å²) >= 11 is 0. The van der Waals surface area contributed by atoms with E-state index >= 15 is 0 Å². The third-order valence-electron chi connectivity index (χ3n) is 14.0. The second-order valence-electron chi connectivity index (χ2n) is 18.7. The van der Waals surface area contributed by atoms with Gasteiger partial charge >= 0.3 is 12.2 Å². The maximum absolute atomic E-state index is 13.8. The van der Waals surface area contributed by atoms with Crippen LogP contribution in [0.4, 0.5) is 35.2 Å². The highest BCUT2D eigenvalue weighted by molar-refractivity contribution is 6.07. The van der Waals surface area contributed by atoms with Crippen LogP contribution in [-0.2, 0) is 20.5 Å². The Balaban J connectivity index is 0.786. The number of urea groups is 1. The quantitative estimate of drug-likeness (QED) is 0.0814. The molecule has 3 aliphatic heterocycles. The first-order valence-corrected chi connectivity index (χ1v) is 23.8. The second-order valence-corrected chi connectivity index (χ2v) is 18.7. The summed E-state index contributed by atoms with van der Waals surface area (Å²) in [6.45, 7) is 7.68. The molecule has 1 aliphatic carbocycles. The van der Waals surface area contributed by atoms with Crippen LogP contribution >= 0.6 is 0 Å². The molecule has 18 heteroatoms. The van der Waals surface area contributed by atoms with E-state index in [-0.39, 0.29) is 42.3 Å². The molecular weight excluding hydrogens is 894 g/mol. The summed E-state index contributed by atoms with van der Waals surface area (Å²) in [5, 5.41) is 6.32. The molecule has 3 saturated heterocycles. The number of nitrogens with two attached hydrogens (primary N) is 1. The number of carbonyl (C=O) groups is 4. The highest BCUT2D eigenvalue weighted by Gasteiger charge is 2.34. The third-order valence-corrected chi connectivity index (χ3v) is 14.0. The van der Waals surface area contributed by atoms with Gasteiger partial charge in [0, 0.05) is 86.5 Å². The minimum atomic E-state index is -4.54. The topological polar surface area (TPSA) is 182 Å². The zero-order valence-electron chi connectivity index (χ0n) is 39.6. The van der Waals surface area contributed by atoms with Crippen molar-refractivity contribution in [3.63, 3.8) is 0 Å². The molecule has 8 rings (SSSR count). The molecule has 15 nitrogen and oxygen atoms in total. The van der Waals surface area contributed by atoms with Crippen molar-refractivity contribution in [2.24, 2.45) is 17.8 Å². The predicted molar refractivity (Wildman–Crippen MR) is 256 cm³/mol. The number of likely N-dealkylation sites (tertiary alicyclic amines) is 2. The number of piperidine rings is 2. The van der Waals surface area contributed by atoms with Gasteiger partial charge in [-0.2, -0.15) is 13.2 Å². The number of hydrogen-bond acceptors (Lipinski definition) is 11. The van der Waals surface area contributed by atoms with Gasteiger partial charge in [0.05, 0.1) is 37.0 Å². The van der Waals surface area contributed by atoms with Crippen LogP contribution < -0.4 is 30.7 Å². The van der Waals surface area contributed by atoms with E-state index in [2.05, 4.69) is 26.7 Å². The van der Waals surface area contributed by atoms with Gasteiger partial charge in [0.25, 0.3) is 5.91 Å². The monoisotopic (exact) mass is 954 g/mol. The van der Waals surface area contributed by atoms with Crippen LogP contribution in [0, 0.1) is 24.7 Å². The lowest BCUT2D eigenvalue weighted by Gasteiger charge is -2.35.